The van der Waals surface area contributed by atoms with Crippen molar-refractivity contribution in [3.8, 4) is 5.75 Å². The summed E-state index contributed by atoms with van der Waals surface area (Å²) in [7, 11) is 0. The zero-order valence-electron chi connectivity index (χ0n) is 10.6. The molecule has 2 aromatic carbocycles. The summed E-state index contributed by atoms with van der Waals surface area (Å²) in [5.41, 5.74) is 0.294. The highest BCUT2D eigenvalue weighted by atomic mass is 35.5. The van der Waals surface area contributed by atoms with Crippen LogP contribution in [0.15, 0.2) is 53.4 Å². The van der Waals surface area contributed by atoms with Crippen molar-refractivity contribution in [2.24, 2.45) is 0 Å². The van der Waals surface area contributed by atoms with E-state index in [1.165, 1.54) is 0 Å². The Balaban J connectivity index is 1.83. The van der Waals surface area contributed by atoms with Gasteiger partial charge in [-0.2, -0.15) is 0 Å². The van der Waals surface area contributed by atoms with E-state index < -0.39 is 5.97 Å². The molecule has 0 amide bonds. The monoisotopic (exact) mass is 308 g/mol. The molecular formula is C15H13ClO3S. The summed E-state index contributed by atoms with van der Waals surface area (Å²) in [6.07, 6.45) is 0. The van der Waals surface area contributed by atoms with Crippen molar-refractivity contribution in [1.29, 1.82) is 0 Å². The van der Waals surface area contributed by atoms with Gasteiger partial charge in [-0.25, -0.2) is 4.79 Å². The Morgan fingerprint density at radius 1 is 1.20 bits per heavy atom. The van der Waals surface area contributed by atoms with Crippen molar-refractivity contribution in [2.45, 2.75) is 4.90 Å². The van der Waals surface area contributed by atoms with Gasteiger partial charge >= 0.3 is 5.97 Å². The first-order chi connectivity index (χ1) is 9.66. The predicted molar refractivity (Wildman–Crippen MR) is 81.1 cm³/mol. The van der Waals surface area contributed by atoms with E-state index in [-0.39, 0.29) is 0 Å². The van der Waals surface area contributed by atoms with E-state index in [0.29, 0.717) is 28.7 Å². The van der Waals surface area contributed by atoms with Gasteiger partial charge < -0.3 is 9.84 Å². The zero-order chi connectivity index (χ0) is 14.4. The van der Waals surface area contributed by atoms with Crippen molar-refractivity contribution in [3.05, 3.63) is 59.1 Å². The van der Waals surface area contributed by atoms with E-state index in [4.69, 9.17) is 21.4 Å². The van der Waals surface area contributed by atoms with Gasteiger partial charge in [0, 0.05) is 10.6 Å². The number of halogens is 1. The SMILES string of the molecule is O=C(O)c1cccc(SCCOc2ccccc2Cl)c1. The molecule has 2 rings (SSSR count). The van der Waals surface area contributed by atoms with Gasteiger partial charge in [-0.1, -0.05) is 29.8 Å². The smallest absolute Gasteiger partial charge is 0.335 e. The van der Waals surface area contributed by atoms with Crippen LogP contribution in [0.5, 0.6) is 5.75 Å². The van der Waals surface area contributed by atoms with Crippen LogP contribution in [0.2, 0.25) is 5.02 Å². The number of aromatic carboxylic acids is 1. The number of thioether (sulfide) groups is 1. The van der Waals surface area contributed by atoms with Crippen LogP contribution in [0.25, 0.3) is 0 Å². The second-order valence-corrected chi connectivity index (χ2v) is 5.54. The van der Waals surface area contributed by atoms with Crippen LogP contribution in [0, 0.1) is 0 Å². The largest absolute Gasteiger partial charge is 0.491 e. The normalized spacial score (nSPS) is 10.2. The maximum atomic E-state index is 10.9. The summed E-state index contributed by atoms with van der Waals surface area (Å²) in [6, 6.07) is 14.2. The highest BCUT2D eigenvalue weighted by Gasteiger charge is 2.04. The number of carbonyl (C=O) groups is 1. The minimum atomic E-state index is -0.917. The molecule has 0 unspecified atom stereocenters. The summed E-state index contributed by atoms with van der Waals surface area (Å²) in [4.78, 5) is 11.8. The van der Waals surface area contributed by atoms with E-state index >= 15 is 0 Å². The first kappa shape index (κ1) is 14.8. The molecule has 0 aliphatic heterocycles. The van der Waals surface area contributed by atoms with Crippen LogP contribution in [0.3, 0.4) is 0 Å². The molecule has 104 valence electrons. The summed E-state index contributed by atoms with van der Waals surface area (Å²) in [5.74, 6) is 0.461. The molecule has 0 aliphatic carbocycles. The number of hydrogen-bond acceptors (Lipinski definition) is 3. The van der Waals surface area contributed by atoms with Crippen molar-refractivity contribution >= 4 is 29.3 Å². The minimum Gasteiger partial charge on any atom is -0.491 e. The van der Waals surface area contributed by atoms with E-state index in [1.807, 2.05) is 24.3 Å². The Labute approximate surface area is 126 Å². The molecule has 2 aromatic rings. The lowest BCUT2D eigenvalue weighted by Gasteiger charge is -2.07. The van der Waals surface area contributed by atoms with Crippen LogP contribution in [-0.2, 0) is 0 Å². The summed E-state index contributed by atoms with van der Waals surface area (Å²) in [5, 5.41) is 9.50. The Morgan fingerprint density at radius 3 is 2.75 bits per heavy atom. The van der Waals surface area contributed by atoms with Crippen LogP contribution in [-0.4, -0.2) is 23.4 Å². The molecule has 0 fully saturated rings. The maximum absolute atomic E-state index is 10.9. The molecule has 0 heterocycles. The average Bonchev–Trinajstić information content (AvgIpc) is 2.45. The first-order valence-electron chi connectivity index (χ1n) is 6.00. The molecule has 20 heavy (non-hydrogen) atoms. The third kappa shape index (κ3) is 4.18. The maximum Gasteiger partial charge on any atom is 0.335 e. The Kier molecular flexibility index (Phi) is 5.32. The standard InChI is InChI=1S/C15H13ClO3S/c16-13-6-1-2-7-14(13)19-8-9-20-12-5-3-4-11(10-12)15(17)18/h1-7,10H,8-9H2,(H,17,18). The lowest BCUT2D eigenvalue weighted by Crippen LogP contribution is -2.01. The van der Waals surface area contributed by atoms with E-state index in [1.54, 1.807) is 36.0 Å². The van der Waals surface area contributed by atoms with Gasteiger partial charge in [-0.3, -0.25) is 0 Å². The zero-order valence-corrected chi connectivity index (χ0v) is 12.2. The fourth-order valence-corrected chi connectivity index (χ4v) is 2.57. The quantitative estimate of drug-likeness (QED) is 0.641. The summed E-state index contributed by atoms with van der Waals surface area (Å²) >= 11 is 7.52. The van der Waals surface area contributed by atoms with Crippen LogP contribution in [0.4, 0.5) is 0 Å². The molecule has 0 saturated carbocycles. The third-order valence-electron chi connectivity index (χ3n) is 2.53. The average molecular weight is 309 g/mol. The molecule has 5 heteroatoms. The fraction of sp³-hybridized carbons (Fsp3) is 0.133. The molecule has 0 aromatic heterocycles. The summed E-state index contributed by atoms with van der Waals surface area (Å²) in [6.45, 7) is 0.506. The highest BCUT2D eigenvalue weighted by molar-refractivity contribution is 7.99. The van der Waals surface area contributed by atoms with Crippen molar-refractivity contribution < 1.29 is 14.6 Å². The molecule has 0 aliphatic rings. The molecule has 0 saturated heterocycles. The number of carboxylic acids is 1. The number of para-hydroxylation sites is 1. The van der Waals surface area contributed by atoms with E-state index in [9.17, 15) is 4.79 Å². The lowest BCUT2D eigenvalue weighted by atomic mass is 10.2. The Bertz CT molecular complexity index is 601. The van der Waals surface area contributed by atoms with Crippen molar-refractivity contribution in [2.75, 3.05) is 12.4 Å². The van der Waals surface area contributed by atoms with Gasteiger partial charge in [-0.05, 0) is 30.3 Å². The van der Waals surface area contributed by atoms with Crippen LogP contribution < -0.4 is 4.74 Å². The third-order valence-corrected chi connectivity index (χ3v) is 3.80. The number of hydrogen-bond donors (Lipinski definition) is 1. The van der Waals surface area contributed by atoms with Gasteiger partial charge in [0.2, 0.25) is 0 Å². The van der Waals surface area contributed by atoms with Gasteiger partial charge in [0.1, 0.15) is 5.75 Å². The second-order valence-electron chi connectivity index (χ2n) is 3.96. The molecule has 0 radical (unpaired) electrons. The Morgan fingerprint density at radius 2 is 2.00 bits per heavy atom. The number of carboxylic acid groups (broad SMARTS) is 1. The number of ether oxygens (including phenoxy) is 1. The molecule has 0 atom stereocenters. The number of benzene rings is 2. The first-order valence-corrected chi connectivity index (χ1v) is 7.36. The molecule has 3 nitrogen and oxygen atoms in total. The van der Waals surface area contributed by atoms with Crippen molar-refractivity contribution in [1.82, 2.24) is 0 Å². The minimum absolute atomic E-state index is 0.294. The van der Waals surface area contributed by atoms with E-state index in [2.05, 4.69) is 0 Å². The van der Waals surface area contributed by atoms with Crippen molar-refractivity contribution in [3.63, 3.8) is 0 Å². The lowest BCUT2D eigenvalue weighted by molar-refractivity contribution is 0.0696. The van der Waals surface area contributed by atoms with Crippen LogP contribution >= 0.6 is 23.4 Å². The summed E-state index contributed by atoms with van der Waals surface area (Å²) < 4.78 is 5.57. The van der Waals surface area contributed by atoms with Gasteiger partial charge in [0.25, 0.3) is 0 Å². The predicted octanol–water partition coefficient (Wildman–Crippen LogP) is 4.21. The molecule has 0 spiro atoms. The van der Waals surface area contributed by atoms with Gasteiger partial charge in [-0.15, -0.1) is 11.8 Å². The molecule has 0 bridgehead atoms. The molecular weight excluding hydrogens is 296 g/mol. The fourth-order valence-electron chi connectivity index (χ4n) is 1.59. The van der Waals surface area contributed by atoms with Gasteiger partial charge in [0.15, 0.2) is 0 Å². The van der Waals surface area contributed by atoms with Crippen LogP contribution in [0.1, 0.15) is 10.4 Å². The highest BCUT2D eigenvalue weighted by Crippen LogP contribution is 2.24. The topological polar surface area (TPSA) is 46.5 Å². The molecule has 1 N–H and O–H groups in total. The number of rotatable bonds is 6. The second kappa shape index (κ2) is 7.22. The van der Waals surface area contributed by atoms with Gasteiger partial charge in [0.05, 0.1) is 17.2 Å². The Hall–Kier alpha value is -1.65. The van der Waals surface area contributed by atoms with E-state index in [0.717, 1.165) is 4.90 Å².